The molecule has 1 saturated heterocycles. The summed E-state index contributed by atoms with van der Waals surface area (Å²) in [7, 11) is 0. The molecular weight excluding hydrogens is 550 g/mol. The molecule has 250 valence electrons. The first-order valence-corrected chi connectivity index (χ1v) is 16.7. The molecule has 0 bridgehead atoms. The topological polar surface area (TPSA) is 149 Å². The molecule has 0 aliphatic carbocycles. The van der Waals surface area contributed by atoms with Gasteiger partial charge in [0.15, 0.2) is 6.29 Å². The Morgan fingerprint density at radius 1 is 0.767 bits per heavy atom. The number of nitrogens with one attached hydrogen (secondary N) is 1. The van der Waals surface area contributed by atoms with Crippen LogP contribution in [0.3, 0.4) is 0 Å². The van der Waals surface area contributed by atoms with Gasteiger partial charge in [-0.25, -0.2) is 0 Å². The van der Waals surface area contributed by atoms with Gasteiger partial charge in [0.1, 0.15) is 24.4 Å². The summed E-state index contributed by atoms with van der Waals surface area (Å²) in [6.45, 7) is 3.59. The van der Waals surface area contributed by atoms with Crippen LogP contribution in [-0.2, 0) is 14.3 Å². The number of hydrogen-bond acceptors (Lipinski definition) is 8. The highest BCUT2D eigenvalue weighted by Gasteiger charge is 2.44. The van der Waals surface area contributed by atoms with E-state index < -0.39 is 49.5 Å². The fraction of sp³-hybridized carbons (Fsp3) is 0.794. The Morgan fingerprint density at radius 2 is 1.33 bits per heavy atom. The van der Waals surface area contributed by atoms with Crippen LogP contribution in [0.1, 0.15) is 117 Å². The van der Waals surface area contributed by atoms with Gasteiger partial charge in [-0.2, -0.15) is 0 Å². The molecule has 0 aromatic rings. The first kappa shape index (κ1) is 39.4. The minimum absolute atomic E-state index is 0.206. The Hall–Kier alpha value is -1.59. The number of carbonyl (C=O) groups excluding carboxylic acids is 1. The predicted molar refractivity (Wildman–Crippen MR) is 170 cm³/mol. The lowest BCUT2D eigenvalue weighted by atomic mass is 9.99. The third-order valence-corrected chi connectivity index (χ3v) is 7.70. The van der Waals surface area contributed by atoms with Gasteiger partial charge in [0.25, 0.3) is 0 Å². The van der Waals surface area contributed by atoms with Crippen molar-refractivity contribution in [1.29, 1.82) is 0 Å². The van der Waals surface area contributed by atoms with E-state index in [0.29, 0.717) is 6.42 Å². The van der Waals surface area contributed by atoms with Gasteiger partial charge in [-0.1, -0.05) is 102 Å². The third kappa shape index (κ3) is 18.1. The smallest absolute Gasteiger partial charge is 0.220 e. The number of aliphatic hydroxyl groups is 5. The lowest BCUT2D eigenvalue weighted by Crippen LogP contribution is -2.60. The average molecular weight is 612 g/mol. The Morgan fingerprint density at radius 3 is 1.93 bits per heavy atom. The van der Waals surface area contributed by atoms with E-state index in [2.05, 4.69) is 43.5 Å². The van der Waals surface area contributed by atoms with Crippen LogP contribution < -0.4 is 5.32 Å². The lowest BCUT2D eigenvalue weighted by Gasteiger charge is -2.40. The zero-order chi connectivity index (χ0) is 31.7. The van der Waals surface area contributed by atoms with Crippen LogP contribution in [-0.4, -0.2) is 87.5 Å². The van der Waals surface area contributed by atoms with E-state index in [0.717, 1.165) is 64.2 Å². The molecule has 1 aliphatic heterocycles. The van der Waals surface area contributed by atoms with Crippen LogP contribution >= 0.6 is 0 Å². The van der Waals surface area contributed by atoms with Gasteiger partial charge < -0.3 is 40.3 Å². The second-order valence-electron chi connectivity index (χ2n) is 11.6. The maximum Gasteiger partial charge on any atom is 0.220 e. The van der Waals surface area contributed by atoms with E-state index >= 15 is 0 Å². The van der Waals surface area contributed by atoms with Crippen molar-refractivity contribution in [2.75, 3.05) is 13.2 Å². The Balaban J connectivity index is 2.52. The maximum atomic E-state index is 12.6. The number of carbonyl (C=O) groups is 1. The number of unbranched alkanes of at least 4 members (excludes halogenated alkanes) is 11. The van der Waals surface area contributed by atoms with Crippen molar-refractivity contribution in [1.82, 2.24) is 5.32 Å². The molecule has 0 aromatic heterocycles. The van der Waals surface area contributed by atoms with Gasteiger partial charge in [0.05, 0.1) is 25.4 Å². The highest BCUT2D eigenvalue weighted by molar-refractivity contribution is 5.76. The summed E-state index contributed by atoms with van der Waals surface area (Å²) in [5.74, 6) is -0.208. The number of aliphatic hydroxyl groups excluding tert-OH is 5. The highest BCUT2D eigenvalue weighted by atomic mass is 16.7. The van der Waals surface area contributed by atoms with Crippen molar-refractivity contribution in [2.24, 2.45) is 0 Å². The molecular formula is C34H61NO8. The monoisotopic (exact) mass is 611 g/mol. The van der Waals surface area contributed by atoms with Crippen molar-refractivity contribution in [3.63, 3.8) is 0 Å². The van der Waals surface area contributed by atoms with Crippen molar-refractivity contribution in [3.05, 3.63) is 36.5 Å². The molecule has 6 N–H and O–H groups in total. The third-order valence-electron chi connectivity index (χ3n) is 7.70. The molecule has 0 spiro atoms. The summed E-state index contributed by atoms with van der Waals surface area (Å²) in [4.78, 5) is 12.6. The average Bonchev–Trinajstić information content (AvgIpc) is 3.00. The second kappa shape index (κ2) is 25.7. The summed E-state index contributed by atoms with van der Waals surface area (Å²) >= 11 is 0. The fourth-order valence-corrected chi connectivity index (χ4v) is 4.89. The van der Waals surface area contributed by atoms with Gasteiger partial charge in [-0.3, -0.25) is 4.79 Å². The minimum atomic E-state index is -1.57. The Bertz CT molecular complexity index is 771. The molecule has 1 fully saturated rings. The number of ether oxygens (including phenoxy) is 2. The molecule has 1 rings (SSSR count). The Kier molecular flexibility index (Phi) is 23.6. The van der Waals surface area contributed by atoms with E-state index in [1.54, 1.807) is 6.08 Å². The zero-order valence-corrected chi connectivity index (χ0v) is 26.7. The molecule has 7 unspecified atom stereocenters. The van der Waals surface area contributed by atoms with E-state index in [-0.39, 0.29) is 12.5 Å². The normalized spacial score (nSPS) is 24.3. The predicted octanol–water partition coefficient (Wildman–Crippen LogP) is 4.60. The van der Waals surface area contributed by atoms with Crippen LogP contribution in [0.4, 0.5) is 0 Å². The summed E-state index contributed by atoms with van der Waals surface area (Å²) in [5, 5.41) is 53.4. The number of hydrogen-bond donors (Lipinski definition) is 6. The summed E-state index contributed by atoms with van der Waals surface area (Å²) in [6, 6.07) is -0.819. The number of amides is 1. The van der Waals surface area contributed by atoms with Gasteiger partial charge in [-0.15, -0.1) is 0 Å². The van der Waals surface area contributed by atoms with E-state index in [4.69, 9.17) is 9.47 Å². The van der Waals surface area contributed by atoms with Crippen LogP contribution in [0, 0.1) is 0 Å². The SMILES string of the molecule is CCCCCCC/C=C/CC/C=C/CC/C=C/C(O)C(COC1OC(CO)C(O)C(O)C1O)NC(=O)CCCCCCC. The molecule has 1 aliphatic rings. The maximum absolute atomic E-state index is 12.6. The standard InChI is InChI=1S/C34H61NO8/c1-3-5-7-9-10-11-12-13-14-15-16-17-18-20-21-23-28(37)27(35-30(38)24-22-19-8-6-4-2)26-42-34-33(41)32(40)31(39)29(25-36)43-34/h12-13,16-17,21,23,27-29,31-34,36-37,39-41H,3-11,14-15,18-20,22,24-26H2,1-2H3,(H,35,38)/b13-12+,17-16+,23-21+. The van der Waals surface area contributed by atoms with Crippen molar-refractivity contribution in [3.8, 4) is 0 Å². The van der Waals surface area contributed by atoms with E-state index in [9.17, 15) is 30.3 Å². The quantitative estimate of drug-likeness (QED) is 0.0648. The highest BCUT2D eigenvalue weighted by Crippen LogP contribution is 2.22. The van der Waals surface area contributed by atoms with Crippen molar-refractivity contribution < 1.29 is 39.8 Å². The molecule has 9 heteroatoms. The number of rotatable bonds is 25. The molecule has 1 heterocycles. The van der Waals surface area contributed by atoms with Crippen LogP contribution in [0.25, 0.3) is 0 Å². The molecule has 7 atom stereocenters. The molecule has 0 radical (unpaired) electrons. The van der Waals surface area contributed by atoms with E-state index in [1.807, 2.05) is 6.08 Å². The molecule has 0 aromatic carbocycles. The van der Waals surface area contributed by atoms with Crippen LogP contribution in [0.5, 0.6) is 0 Å². The number of allylic oxidation sites excluding steroid dienone is 5. The fourth-order valence-electron chi connectivity index (χ4n) is 4.89. The Labute approximate surface area is 260 Å². The summed E-state index contributed by atoms with van der Waals surface area (Å²) < 4.78 is 11.0. The molecule has 0 saturated carbocycles. The van der Waals surface area contributed by atoms with Gasteiger partial charge in [-0.05, 0) is 44.9 Å². The first-order valence-electron chi connectivity index (χ1n) is 16.7. The van der Waals surface area contributed by atoms with Gasteiger partial charge >= 0.3 is 0 Å². The summed E-state index contributed by atoms with van der Waals surface area (Å²) in [5.41, 5.74) is 0. The van der Waals surface area contributed by atoms with E-state index in [1.165, 1.54) is 32.1 Å². The zero-order valence-electron chi connectivity index (χ0n) is 26.7. The largest absolute Gasteiger partial charge is 0.394 e. The summed E-state index contributed by atoms with van der Waals surface area (Å²) in [6.07, 6.45) is 20.9. The lowest BCUT2D eigenvalue weighted by molar-refractivity contribution is -0.302. The molecule has 43 heavy (non-hydrogen) atoms. The second-order valence-corrected chi connectivity index (χ2v) is 11.6. The molecule has 9 nitrogen and oxygen atoms in total. The van der Waals surface area contributed by atoms with Gasteiger partial charge in [0, 0.05) is 6.42 Å². The van der Waals surface area contributed by atoms with Crippen LogP contribution in [0.2, 0.25) is 0 Å². The van der Waals surface area contributed by atoms with Crippen LogP contribution in [0.15, 0.2) is 36.5 Å². The first-order chi connectivity index (χ1) is 20.8. The van der Waals surface area contributed by atoms with Crippen molar-refractivity contribution in [2.45, 2.75) is 159 Å². The minimum Gasteiger partial charge on any atom is -0.394 e. The molecule has 1 amide bonds. The van der Waals surface area contributed by atoms with Gasteiger partial charge in [0.2, 0.25) is 5.91 Å². The van der Waals surface area contributed by atoms with Crippen molar-refractivity contribution >= 4 is 5.91 Å².